The molecule has 1 N–H and O–H groups in total. The molecule has 1 aromatic heterocycles. The maximum absolute atomic E-state index is 10.8. The summed E-state index contributed by atoms with van der Waals surface area (Å²) in [5.74, 6) is 0.405. The zero-order valence-electron chi connectivity index (χ0n) is 13.1. The monoisotopic (exact) mass is 323 g/mol. The molecule has 2 aromatic rings. The van der Waals surface area contributed by atoms with Crippen LogP contribution < -0.4 is 10.2 Å². The second-order valence-corrected chi connectivity index (χ2v) is 5.65. The highest BCUT2D eigenvalue weighted by atomic mass is 16.6. The number of nitrogens with one attached hydrogen (secondary N) is 1. The lowest BCUT2D eigenvalue weighted by Crippen LogP contribution is -2.29. The van der Waals surface area contributed by atoms with Crippen molar-refractivity contribution in [1.29, 1.82) is 5.26 Å². The smallest absolute Gasteiger partial charge is 0.305 e. The molecule has 0 spiro atoms. The lowest BCUT2D eigenvalue weighted by atomic mass is 10.1. The quantitative estimate of drug-likeness (QED) is 0.682. The van der Waals surface area contributed by atoms with E-state index in [2.05, 4.69) is 15.2 Å². The van der Waals surface area contributed by atoms with Gasteiger partial charge >= 0.3 is 5.69 Å². The molecule has 0 radical (unpaired) electrons. The second-order valence-electron chi connectivity index (χ2n) is 5.65. The summed E-state index contributed by atoms with van der Waals surface area (Å²) in [5.41, 5.74) is 1.52. The first-order chi connectivity index (χ1) is 11.7. The van der Waals surface area contributed by atoms with Crippen LogP contribution in [-0.2, 0) is 0 Å². The predicted molar refractivity (Wildman–Crippen MR) is 91.4 cm³/mol. The average Bonchev–Trinajstić information content (AvgIpc) is 2.63. The van der Waals surface area contributed by atoms with Crippen LogP contribution in [-0.4, -0.2) is 23.0 Å². The van der Waals surface area contributed by atoms with Gasteiger partial charge in [0.1, 0.15) is 11.9 Å². The summed E-state index contributed by atoms with van der Waals surface area (Å²) >= 11 is 0. The normalized spacial score (nSPS) is 14.0. The molecule has 24 heavy (non-hydrogen) atoms. The number of hydrogen-bond donors (Lipinski definition) is 1. The fourth-order valence-corrected chi connectivity index (χ4v) is 2.81. The summed E-state index contributed by atoms with van der Waals surface area (Å²) in [6, 6.07) is 12.5. The summed E-state index contributed by atoms with van der Waals surface area (Å²) < 4.78 is 0. The molecule has 1 aliphatic heterocycles. The fourth-order valence-electron chi connectivity index (χ4n) is 2.81. The first kappa shape index (κ1) is 15.7. The summed E-state index contributed by atoms with van der Waals surface area (Å²) in [6.45, 7) is 2.17. The highest BCUT2D eigenvalue weighted by Gasteiger charge is 2.15. The minimum absolute atomic E-state index is 0.199. The third-order valence-corrected chi connectivity index (χ3v) is 4.04. The Hall–Kier alpha value is -3.14. The molecule has 0 aliphatic carbocycles. The average molecular weight is 323 g/mol. The van der Waals surface area contributed by atoms with Crippen molar-refractivity contribution in [2.75, 3.05) is 23.3 Å². The van der Waals surface area contributed by atoms with Gasteiger partial charge in [0, 0.05) is 30.5 Å². The van der Waals surface area contributed by atoms with E-state index in [0.29, 0.717) is 5.82 Å². The summed E-state index contributed by atoms with van der Waals surface area (Å²) in [6.07, 6.45) is 3.75. The number of aromatic nitrogens is 1. The highest BCUT2D eigenvalue weighted by Crippen LogP contribution is 2.24. The number of nitro groups is 1. The van der Waals surface area contributed by atoms with Crippen molar-refractivity contribution in [3.05, 3.63) is 52.2 Å². The van der Waals surface area contributed by atoms with Gasteiger partial charge in [0.15, 0.2) is 0 Å². The van der Waals surface area contributed by atoms with E-state index in [9.17, 15) is 10.1 Å². The molecule has 122 valence electrons. The van der Waals surface area contributed by atoms with Gasteiger partial charge in [-0.1, -0.05) is 0 Å². The minimum atomic E-state index is -0.608. The number of piperidine rings is 1. The topological polar surface area (TPSA) is 95.1 Å². The Bertz CT molecular complexity index is 777. The van der Waals surface area contributed by atoms with Gasteiger partial charge in [0.25, 0.3) is 0 Å². The van der Waals surface area contributed by atoms with Crippen LogP contribution in [0.5, 0.6) is 0 Å². The molecule has 1 aromatic carbocycles. The van der Waals surface area contributed by atoms with Crippen LogP contribution in [0.4, 0.5) is 22.9 Å². The van der Waals surface area contributed by atoms with Crippen molar-refractivity contribution in [3.63, 3.8) is 0 Å². The third kappa shape index (κ3) is 3.43. The van der Waals surface area contributed by atoms with Crippen molar-refractivity contribution in [1.82, 2.24) is 4.98 Å². The molecular weight excluding hydrogens is 306 g/mol. The Morgan fingerprint density at radius 2 is 1.83 bits per heavy atom. The van der Waals surface area contributed by atoms with E-state index in [1.54, 1.807) is 6.07 Å². The molecular formula is C17H17N5O2. The minimum Gasteiger partial charge on any atom is -0.372 e. The van der Waals surface area contributed by atoms with Crippen LogP contribution in [0.25, 0.3) is 0 Å². The number of anilines is 3. The maximum atomic E-state index is 10.8. The van der Waals surface area contributed by atoms with Gasteiger partial charge in [-0.15, -0.1) is 0 Å². The molecule has 0 atom stereocenters. The van der Waals surface area contributed by atoms with Crippen LogP contribution >= 0.6 is 0 Å². The van der Waals surface area contributed by atoms with Gasteiger partial charge in [0.05, 0.1) is 4.92 Å². The van der Waals surface area contributed by atoms with E-state index in [0.717, 1.165) is 18.8 Å². The molecule has 0 bridgehead atoms. The van der Waals surface area contributed by atoms with E-state index in [1.165, 1.54) is 37.1 Å². The van der Waals surface area contributed by atoms with E-state index in [4.69, 9.17) is 5.26 Å². The van der Waals surface area contributed by atoms with Crippen LogP contribution in [0, 0.1) is 21.4 Å². The molecule has 3 rings (SSSR count). The zero-order valence-corrected chi connectivity index (χ0v) is 13.1. The number of rotatable bonds is 4. The van der Waals surface area contributed by atoms with Gasteiger partial charge in [-0.05, 0) is 49.6 Å². The Kier molecular flexibility index (Phi) is 4.57. The maximum Gasteiger partial charge on any atom is 0.305 e. The van der Waals surface area contributed by atoms with Crippen LogP contribution in [0.15, 0.2) is 36.4 Å². The van der Waals surface area contributed by atoms with Crippen molar-refractivity contribution in [2.45, 2.75) is 19.3 Å². The fraction of sp³-hybridized carbons (Fsp3) is 0.294. The second kappa shape index (κ2) is 6.96. The predicted octanol–water partition coefficient (Wildman–Crippen LogP) is 3.60. The molecule has 1 aliphatic rings. The molecule has 0 saturated carbocycles. The van der Waals surface area contributed by atoms with E-state index in [1.807, 2.05) is 24.3 Å². The zero-order chi connectivity index (χ0) is 16.9. The first-order valence-electron chi connectivity index (χ1n) is 7.85. The van der Waals surface area contributed by atoms with Crippen LogP contribution in [0.2, 0.25) is 0 Å². The number of nitrogens with zero attached hydrogens (tertiary/aromatic N) is 4. The Morgan fingerprint density at radius 3 is 2.46 bits per heavy atom. The van der Waals surface area contributed by atoms with Gasteiger partial charge in [-0.3, -0.25) is 10.1 Å². The molecule has 7 nitrogen and oxygen atoms in total. The number of pyridine rings is 1. The standard InChI is InChI=1S/C17H17N5O2/c18-12-15-16(22(23)24)8-9-17(20-15)19-13-4-6-14(7-5-13)21-10-2-1-3-11-21/h4-9H,1-3,10-11H2,(H,19,20). The van der Waals surface area contributed by atoms with Gasteiger partial charge in [0.2, 0.25) is 5.69 Å². The Morgan fingerprint density at radius 1 is 1.12 bits per heavy atom. The van der Waals surface area contributed by atoms with E-state index >= 15 is 0 Å². The van der Waals surface area contributed by atoms with Gasteiger partial charge < -0.3 is 10.2 Å². The van der Waals surface area contributed by atoms with E-state index in [-0.39, 0.29) is 11.4 Å². The number of nitriles is 1. The van der Waals surface area contributed by atoms with Crippen molar-refractivity contribution < 1.29 is 4.92 Å². The Balaban J connectivity index is 1.74. The molecule has 1 fully saturated rings. The number of benzene rings is 1. The summed E-state index contributed by atoms with van der Waals surface area (Å²) in [4.78, 5) is 16.6. The molecule has 1 saturated heterocycles. The number of hydrogen-bond acceptors (Lipinski definition) is 6. The molecule has 7 heteroatoms. The molecule has 2 heterocycles. The summed E-state index contributed by atoms with van der Waals surface area (Å²) in [7, 11) is 0. The SMILES string of the molecule is N#Cc1nc(Nc2ccc(N3CCCCC3)cc2)ccc1[N+](=O)[O-]. The van der Waals surface area contributed by atoms with Crippen molar-refractivity contribution in [3.8, 4) is 6.07 Å². The summed E-state index contributed by atoms with van der Waals surface area (Å²) in [5, 5.41) is 22.9. The van der Waals surface area contributed by atoms with Crippen molar-refractivity contribution >= 4 is 22.9 Å². The van der Waals surface area contributed by atoms with Crippen LogP contribution in [0.3, 0.4) is 0 Å². The largest absolute Gasteiger partial charge is 0.372 e. The third-order valence-electron chi connectivity index (χ3n) is 4.04. The van der Waals surface area contributed by atoms with Gasteiger partial charge in [-0.25, -0.2) is 4.98 Å². The van der Waals surface area contributed by atoms with E-state index < -0.39 is 4.92 Å². The molecule has 0 unspecified atom stereocenters. The highest BCUT2D eigenvalue weighted by molar-refractivity contribution is 5.62. The van der Waals surface area contributed by atoms with Crippen LogP contribution in [0.1, 0.15) is 25.0 Å². The lowest BCUT2D eigenvalue weighted by Gasteiger charge is -2.28. The first-order valence-corrected chi connectivity index (χ1v) is 7.85. The molecule has 0 amide bonds. The Labute approximate surface area is 139 Å². The lowest BCUT2D eigenvalue weighted by molar-refractivity contribution is -0.385. The van der Waals surface area contributed by atoms with Gasteiger partial charge in [-0.2, -0.15) is 5.26 Å². The van der Waals surface area contributed by atoms with Crippen molar-refractivity contribution in [2.24, 2.45) is 0 Å².